The highest BCUT2D eigenvalue weighted by Gasteiger charge is 2.48. The van der Waals surface area contributed by atoms with Gasteiger partial charge in [-0.15, -0.1) is 0 Å². The van der Waals surface area contributed by atoms with E-state index in [2.05, 4.69) is 17.1 Å². The Bertz CT molecular complexity index is 470. The van der Waals surface area contributed by atoms with Gasteiger partial charge in [0.1, 0.15) is 5.78 Å². The van der Waals surface area contributed by atoms with Gasteiger partial charge in [0.05, 0.1) is 6.42 Å². The first-order valence-electron chi connectivity index (χ1n) is 8.22. The second kappa shape index (κ2) is 4.71. The van der Waals surface area contributed by atoms with Gasteiger partial charge in [0, 0.05) is 19.0 Å². The summed E-state index contributed by atoms with van der Waals surface area (Å²) in [6, 6.07) is 0.356. The minimum atomic E-state index is 0.0996. The smallest absolute Gasteiger partial charge is 0.230 e. The van der Waals surface area contributed by atoms with Gasteiger partial charge in [0.2, 0.25) is 5.91 Å². The fraction of sp³-hybridized carbons (Fsp3) is 0.765. The summed E-state index contributed by atoms with van der Waals surface area (Å²) in [7, 11) is 0. The lowest BCUT2D eigenvalue weighted by Gasteiger charge is -2.51. The summed E-state index contributed by atoms with van der Waals surface area (Å²) in [5.74, 6) is 3.31. The molecule has 0 bridgehead atoms. The van der Waals surface area contributed by atoms with Crippen LogP contribution in [0.5, 0.6) is 0 Å². The van der Waals surface area contributed by atoms with Crippen molar-refractivity contribution < 1.29 is 9.59 Å². The van der Waals surface area contributed by atoms with Crippen molar-refractivity contribution in [2.75, 3.05) is 6.54 Å². The Morgan fingerprint density at radius 3 is 2.80 bits per heavy atom. The molecule has 4 aliphatic rings. The summed E-state index contributed by atoms with van der Waals surface area (Å²) in [4.78, 5) is 26.0. The number of rotatable bonds is 0. The summed E-state index contributed by atoms with van der Waals surface area (Å²) in [6.07, 6.45) is 11.4. The fourth-order valence-electron chi connectivity index (χ4n) is 5.39. The summed E-state index contributed by atoms with van der Waals surface area (Å²) < 4.78 is 0. The molecule has 20 heavy (non-hydrogen) atoms. The van der Waals surface area contributed by atoms with Crippen molar-refractivity contribution in [3.63, 3.8) is 0 Å². The van der Waals surface area contributed by atoms with Crippen LogP contribution in [0.15, 0.2) is 12.2 Å². The maximum absolute atomic E-state index is 12.3. The SMILES string of the molecule is O=C1CCC2C3CCC4C=CCC4C3CCN2C(=O)C1. The van der Waals surface area contributed by atoms with E-state index in [1.807, 2.05) is 0 Å². The van der Waals surface area contributed by atoms with E-state index in [-0.39, 0.29) is 18.1 Å². The Labute approximate surface area is 120 Å². The van der Waals surface area contributed by atoms with Crippen molar-refractivity contribution >= 4 is 11.7 Å². The Balaban J connectivity index is 1.59. The van der Waals surface area contributed by atoms with Crippen LogP contribution in [0.4, 0.5) is 0 Å². The van der Waals surface area contributed by atoms with Crippen LogP contribution in [0.3, 0.4) is 0 Å². The van der Waals surface area contributed by atoms with Gasteiger partial charge in [0.25, 0.3) is 0 Å². The van der Waals surface area contributed by atoms with Crippen LogP contribution in [0.1, 0.15) is 44.9 Å². The van der Waals surface area contributed by atoms with Gasteiger partial charge in [-0.2, -0.15) is 0 Å². The average molecular weight is 273 g/mol. The highest BCUT2D eigenvalue weighted by Crippen LogP contribution is 2.50. The molecule has 5 atom stereocenters. The van der Waals surface area contributed by atoms with Crippen LogP contribution < -0.4 is 0 Å². The van der Waals surface area contributed by atoms with Crippen molar-refractivity contribution in [1.82, 2.24) is 4.90 Å². The molecule has 2 aliphatic heterocycles. The van der Waals surface area contributed by atoms with Gasteiger partial charge in [-0.25, -0.2) is 0 Å². The molecule has 3 heteroatoms. The molecule has 1 saturated carbocycles. The topological polar surface area (TPSA) is 37.4 Å². The molecule has 0 aromatic rings. The zero-order valence-corrected chi connectivity index (χ0v) is 12.0. The molecule has 2 heterocycles. The van der Waals surface area contributed by atoms with E-state index in [9.17, 15) is 9.59 Å². The molecule has 0 N–H and O–H groups in total. The Hall–Kier alpha value is -1.12. The van der Waals surface area contributed by atoms with Crippen LogP contribution in [0, 0.1) is 23.7 Å². The predicted molar refractivity (Wildman–Crippen MR) is 75.9 cm³/mol. The van der Waals surface area contributed by atoms with E-state index >= 15 is 0 Å². The molecule has 3 fully saturated rings. The van der Waals surface area contributed by atoms with Gasteiger partial charge < -0.3 is 4.90 Å². The Kier molecular flexibility index (Phi) is 2.97. The normalized spacial score (nSPS) is 43.8. The number of carbonyl (C=O) groups is 2. The van der Waals surface area contributed by atoms with Gasteiger partial charge in [-0.3, -0.25) is 9.59 Å². The molecular weight excluding hydrogens is 250 g/mol. The minimum Gasteiger partial charge on any atom is -0.339 e. The summed E-state index contributed by atoms with van der Waals surface area (Å²) in [5.41, 5.74) is 0. The van der Waals surface area contributed by atoms with Gasteiger partial charge in [0.15, 0.2) is 0 Å². The Morgan fingerprint density at radius 2 is 1.90 bits per heavy atom. The van der Waals surface area contributed by atoms with E-state index in [1.165, 1.54) is 19.3 Å². The summed E-state index contributed by atoms with van der Waals surface area (Å²) in [6.45, 7) is 0.890. The molecule has 1 amide bonds. The first kappa shape index (κ1) is 12.6. The quantitative estimate of drug-likeness (QED) is 0.502. The van der Waals surface area contributed by atoms with Gasteiger partial charge in [-0.1, -0.05) is 12.2 Å². The number of allylic oxidation sites excluding steroid dienone is 2. The average Bonchev–Trinajstić information content (AvgIpc) is 2.87. The lowest BCUT2D eigenvalue weighted by atomic mass is 9.62. The van der Waals surface area contributed by atoms with E-state index in [0.29, 0.717) is 18.4 Å². The van der Waals surface area contributed by atoms with E-state index in [4.69, 9.17) is 0 Å². The first-order chi connectivity index (χ1) is 9.74. The molecule has 0 spiro atoms. The molecule has 0 aromatic carbocycles. The third-order valence-electron chi connectivity index (χ3n) is 6.26. The number of carbonyl (C=O) groups excluding carboxylic acids is 2. The van der Waals surface area contributed by atoms with Crippen molar-refractivity contribution in [1.29, 1.82) is 0 Å². The zero-order valence-electron chi connectivity index (χ0n) is 12.0. The van der Waals surface area contributed by atoms with Crippen LogP contribution in [-0.2, 0) is 9.59 Å². The predicted octanol–water partition coefficient (Wildman–Crippen LogP) is 2.56. The third kappa shape index (κ3) is 1.86. The van der Waals surface area contributed by atoms with Gasteiger partial charge >= 0.3 is 0 Å². The van der Waals surface area contributed by atoms with Crippen molar-refractivity contribution in [2.45, 2.75) is 51.0 Å². The minimum absolute atomic E-state index is 0.0996. The second-order valence-corrected chi connectivity index (χ2v) is 7.09. The molecule has 3 nitrogen and oxygen atoms in total. The van der Waals surface area contributed by atoms with E-state index in [0.717, 1.165) is 37.1 Å². The molecule has 2 saturated heterocycles. The fourth-order valence-corrected chi connectivity index (χ4v) is 5.39. The highest BCUT2D eigenvalue weighted by molar-refractivity contribution is 5.99. The van der Waals surface area contributed by atoms with Gasteiger partial charge in [-0.05, 0) is 55.8 Å². The number of fused-ring (bicyclic) bond motifs is 5. The van der Waals surface area contributed by atoms with Crippen LogP contribution in [-0.4, -0.2) is 29.2 Å². The van der Waals surface area contributed by atoms with Crippen molar-refractivity contribution in [3.8, 4) is 0 Å². The largest absolute Gasteiger partial charge is 0.339 e. The van der Waals surface area contributed by atoms with Crippen molar-refractivity contribution in [3.05, 3.63) is 12.2 Å². The van der Waals surface area contributed by atoms with E-state index in [1.54, 1.807) is 0 Å². The highest BCUT2D eigenvalue weighted by atomic mass is 16.2. The zero-order chi connectivity index (χ0) is 13.7. The molecular formula is C17H23NO2. The summed E-state index contributed by atoms with van der Waals surface area (Å²) in [5, 5.41) is 0. The first-order valence-corrected chi connectivity index (χ1v) is 8.22. The van der Waals surface area contributed by atoms with Crippen LogP contribution >= 0.6 is 0 Å². The number of ketones is 1. The number of nitrogens with zero attached hydrogens (tertiary/aromatic N) is 1. The van der Waals surface area contributed by atoms with E-state index < -0.39 is 0 Å². The van der Waals surface area contributed by atoms with Crippen LogP contribution in [0.2, 0.25) is 0 Å². The number of piperidine rings is 1. The van der Waals surface area contributed by atoms with Crippen molar-refractivity contribution in [2.24, 2.45) is 23.7 Å². The number of hydrogen-bond donors (Lipinski definition) is 0. The lowest BCUT2D eigenvalue weighted by molar-refractivity contribution is -0.140. The number of amides is 1. The second-order valence-electron chi connectivity index (χ2n) is 7.09. The summed E-state index contributed by atoms with van der Waals surface area (Å²) >= 11 is 0. The number of Topliss-reactive ketones (excluding diaryl/α,β-unsaturated/α-hetero) is 1. The third-order valence-corrected chi connectivity index (χ3v) is 6.26. The molecule has 0 aromatic heterocycles. The number of hydrogen-bond acceptors (Lipinski definition) is 2. The van der Waals surface area contributed by atoms with Crippen LogP contribution in [0.25, 0.3) is 0 Å². The molecule has 108 valence electrons. The molecule has 2 aliphatic carbocycles. The lowest BCUT2D eigenvalue weighted by Crippen LogP contribution is -2.54. The molecule has 5 unspecified atom stereocenters. The molecule has 0 radical (unpaired) electrons. The molecule has 4 rings (SSSR count). The standard InChI is InChI=1S/C17H23NO2/c19-12-5-7-16-15-6-4-11-2-1-3-13(11)14(15)8-9-18(16)17(20)10-12/h1-2,11,13-16H,3-10H2. The maximum atomic E-state index is 12.3. The monoisotopic (exact) mass is 273 g/mol. The maximum Gasteiger partial charge on any atom is 0.230 e. The Morgan fingerprint density at radius 1 is 1.00 bits per heavy atom.